The van der Waals surface area contributed by atoms with E-state index in [1.807, 2.05) is 24.3 Å². The van der Waals surface area contributed by atoms with Gasteiger partial charge in [-0.3, -0.25) is 0 Å². The highest BCUT2D eigenvalue weighted by Crippen LogP contribution is 2.34. The summed E-state index contributed by atoms with van der Waals surface area (Å²) in [5.41, 5.74) is 7.89. The van der Waals surface area contributed by atoms with Gasteiger partial charge in [0.25, 0.3) is 0 Å². The molecule has 0 aliphatic rings. The molecule has 24 heavy (non-hydrogen) atoms. The van der Waals surface area contributed by atoms with Crippen molar-refractivity contribution in [3.05, 3.63) is 64.8 Å². The summed E-state index contributed by atoms with van der Waals surface area (Å²) in [5.74, 6) is -0.444. The first-order valence-electron chi connectivity index (χ1n) is 7.49. The Hall–Kier alpha value is -2.17. The highest BCUT2D eigenvalue weighted by Gasteiger charge is 2.23. The van der Waals surface area contributed by atoms with Crippen molar-refractivity contribution in [1.82, 2.24) is 4.57 Å². The molecular weight excluding hydrogens is 347 g/mol. The van der Waals surface area contributed by atoms with Gasteiger partial charge in [0, 0.05) is 16.1 Å². The molecular formula is C18H16Cl2N2O2. The van der Waals surface area contributed by atoms with Crippen molar-refractivity contribution in [2.24, 2.45) is 0 Å². The van der Waals surface area contributed by atoms with Crippen LogP contribution >= 0.6 is 23.2 Å². The normalized spacial score (nSPS) is 12.3. The lowest BCUT2D eigenvalue weighted by Crippen LogP contribution is -2.14. The van der Waals surface area contributed by atoms with Crippen LogP contribution in [0.1, 0.15) is 28.5 Å². The molecule has 0 bridgehead atoms. The van der Waals surface area contributed by atoms with Crippen LogP contribution in [0.3, 0.4) is 0 Å². The molecule has 4 nitrogen and oxygen atoms in total. The number of carbonyl (C=O) groups is 1. The molecule has 0 radical (unpaired) electrons. The third kappa shape index (κ3) is 2.95. The number of aromatic nitrogens is 1. The van der Waals surface area contributed by atoms with E-state index in [9.17, 15) is 4.79 Å². The number of carbonyl (C=O) groups excluding carboxylic acids is 1. The maximum absolute atomic E-state index is 12.4. The van der Waals surface area contributed by atoms with E-state index in [0.29, 0.717) is 16.4 Å². The highest BCUT2D eigenvalue weighted by molar-refractivity contribution is 6.30. The van der Waals surface area contributed by atoms with Crippen molar-refractivity contribution in [2.75, 3.05) is 12.3 Å². The van der Waals surface area contributed by atoms with Crippen LogP contribution in [0.4, 0.5) is 5.69 Å². The van der Waals surface area contributed by atoms with Crippen LogP contribution in [0, 0.1) is 0 Å². The van der Waals surface area contributed by atoms with Crippen LogP contribution in [0.25, 0.3) is 10.9 Å². The van der Waals surface area contributed by atoms with Gasteiger partial charge in [-0.2, -0.15) is 0 Å². The van der Waals surface area contributed by atoms with E-state index < -0.39 is 11.5 Å². The molecule has 1 aromatic heterocycles. The molecule has 0 fully saturated rings. The zero-order chi connectivity index (χ0) is 17.3. The lowest BCUT2D eigenvalue weighted by Gasteiger charge is -2.17. The number of nitrogens with two attached hydrogens (primary N) is 1. The standard InChI is InChI=1S/C18H16Cl2N2O2/c1-2-24-18(23)16-10-13-14(21)7-4-8-15(13)22(16)17(20)11-5-3-6-12(19)9-11/h3-10,17H,2,21H2,1H3. The first-order valence-corrected chi connectivity index (χ1v) is 8.30. The average molecular weight is 363 g/mol. The zero-order valence-electron chi connectivity index (χ0n) is 13.0. The number of rotatable bonds is 4. The Morgan fingerprint density at radius 2 is 2.00 bits per heavy atom. The summed E-state index contributed by atoms with van der Waals surface area (Å²) in [6, 6.07) is 14.4. The number of fused-ring (bicyclic) bond motifs is 1. The van der Waals surface area contributed by atoms with Gasteiger partial charge in [0.05, 0.1) is 12.1 Å². The summed E-state index contributed by atoms with van der Waals surface area (Å²) in [6.07, 6.45) is 0. The predicted molar refractivity (Wildman–Crippen MR) is 97.8 cm³/mol. The van der Waals surface area contributed by atoms with Crippen molar-refractivity contribution >= 4 is 45.8 Å². The minimum atomic E-state index is -0.623. The van der Waals surface area contributed by atoms with Gasteiger partial charge in [-0.1, -0.05) is 41.4 Å². The van der Waals surface area contributed by atoms with Gasteiger partial charge in [-0.15, -0.1) is 0 Å². The summed E-state index contributed by atoms with van der Waals surface area (Å²) in [6.45, 7) is 2.04. The van der Waals surface area contributed by atoms with Crippen LogP contribution in [-0.4, -0.2) is 17.1 Å². The van der Waals surface area contributed by atoms with Gasteiger partial charge in [0.1, 0.15) is 11.2 Å². The second-order valence-electron chi connectivity index (χ2n) is 5.29. The molecule has 0 aliphatic carbocycles. The molecule has 1 atom stereocenters. The Labute approximate surface area is 149 Å². The Kier molecular flexibility index (Phi) is 4.69. The van der Waals surface area contributed by atoms with Crippen molar-refractivity contribution in [3.63, 3.8) is 0 Å². The van der Waals surface area contributed by atoms with E-state index in [4.69, 9.17) is 33.7 Å². The van der Waals surface area contributed by atoms with E-state index in [1.54, 1.807) is 35.8 Å². The monoisotopic (exact) mass is 362 g/mol. The minimum Gasteiger partial charge on any atom is -0.461 e. The van der Waals surface area contributed by atoms with Crippen LogP contribution in [0.15, 0.2) is 48.5 Å². The van der Waals surface area contributed by atoms with Gasteiger partial charge >= 0.3 is 5.97 Å². The number of hydrogen-bond acceptors (Lipinski definition) is 3. The zero-order valence-corrected chi connectivity index (χ0v) is 14.5. The molecule has 3 aromatic rings. The van der Waals surface area contributed by atoms with Crippen molar-refractivity contribution in [1.29, 1.82) is 0 Å². The summed E-state index contributed by atoms with van der Waals surface area (Å²) < 4.78 is 6.88. The number of nitrogens with zero attached hydrogens (tertiary/aromatic N) is 1. The summed E-state index contributed by atoms with van der Waals surface area (Å²) in [7, 11) is 0. The fraction of sp³-hybridized carbons (Fsp3) is 0.167. The Morgan fingerprint density at radius 3 is 2.71 bits per heavy atom. The first-order chi connectivity index (χ1) is 11.5. The smallest absolute Gasteiger partial charge is 0.355 e. The van der Waals surface area contributed by atoms with E-state index in [0.717, 1.165) is 16.5 Å². The van der Waals surface area contributed by atoms with E-state index in [2.05, 4.69) is 0 Å². The average Bonchev–Trinajstić information content (AvgIpc) is 2.95. The van der Waals surface area contributed by atoms with E-state index in [-0.39, 0.29) is 6.61 Å². The Balaban J connectivity index is 2.22. The lowest BCUT2D eigenvalue weighted by molar-refractivity contribution is 0.0514. The summed E-state index contributed by atoms with van der Waals surface area (Å²) >= 11 is 12.7. The molecule has 0 aliphatic heterocycles. The number of ether oxygens (including phenoxy) is 1. The Morgan fingerprint density at radius 1 is 1.25 bits per heavy atom. The quantitative estimate of drug-likeness (QED) is 0.410. The minimum absolute atomic E-state index is 0.278. The number of esters is 1. The number of benzene rings is 2. The second-order valence-corrected chi connectivity index (χ2v) is 6.14. The fourth-order valence-corrected chi connectivity index (χ4v) is 3.23. The van der Waals surface area contributed by atoms with Crippen molar-refractivity contribution in [3.8, 4) is 0 Å². The summed E-state index contributed by atoms with van der Waals surface area (Å²) in [4.78, 5) is 12.4. The highest BCUT2D eigenvalue weighted by atomic mass is 35.5. The molecule has 3 rings (SSSR count). The van der Waals surface area contributed by atoms with Gasteiger partial charge in [-0.25, -0.2) is 4.79 Å². The van der Waals surface area contributed by atoms with Crippen LogP contribution < -0.4 is 5.73 Å². The molecule has 6 heteroatoms. The molecule has 1 heterocycles. The topological polar surface area (TPSA) is 57.2 Å². The van der Waals surface area contributed by atoms with Crippen LogP contribution in [-0.2, 0) is 4.74 Å². The number of hydrogen-bond donors (Lipinski definition) is 1. The largest absolute Gasteiger partial charge is 0.461 e. The Bertz CT molecular complexity index is 905. The van der Waals surface area contributed by atoms with Gasteiger partial charge in [0.2, 0.25) is 0 Å². The molecule has 0 amide bonds. The fourth-order valence-electron chi connectivity index (χ4n) is 2.68. The lowest BCUT2D eigenvalue weighted by atomic mass is 10.2. The molecule has 1 unspecified atom stereocenters. The second kappa shape index (κ2) is 6.75. The molecule has 124 valence electrons. The number of halogens is 2. The van der Waals surface area contributed by atoms with Gasteiger partial charge in [-0.05, 0) is 42.8 Å². The molecule has 0 spiro atoms. The third-order valence-electron chi connectivity index (χ3n) is 3.75. The summed E-state index contributed by atoms with van der Waals surface area (Å²) in [5, 5.41) is 1.33. The maximum atomic E-state index is 12.4. The van der Waals surface area contributed by atoms with Gasteiger partial charge < -0.3 is 15.0 Å². The molecule has 0 saturated carbocycles. The molecule has 2 aromatic carbocycles. The number of nitrogen functional groups attached to an aromatic ring is 1. The van der Waals surface area contributed by atoms with E-state index >= 15 is 0 Å². The van der Waals surface area contributed by atoms with E-state index in [1.165, 1.54) is 0 Å². The van der Waals surface area contributed by atoms with Crippen molar-refractivity contribution in [2.45, 2.75) is 12.4 Å². The first kappa shape index (κ1) is 16.7. The molecule has 0 saturated heterocycles. The van der Waals surface area contributed by atoms with Crippen LogP contribution in [0.2, 0.25) is 5.02 Å². The van der Waals surface area contributed by atoms with Crippen molar-refractivity contribution < 1.29 is 9.53 Å². The number of anilines is 1. The number of alkyl halides is 1. The SMILES string of the molecule is CCOC(=O)c1cc2c(N)cccc2n1C(Cl)c1cccc(Cl)c1. The molecule has 2 N–H and O–H groups in total. The maximum Gasteiger partial charge on any atom is 0.355 e. The van der Waals surface area contributed by atoms with Crippen LogP contribution in [0.5, 0.6) is 0 Å². The predicted octanol–water partition coefficient (Wildman–Crippen LogP) is 4.84. The van der Waals surface area contributed by atoms with Gasteiger partial charge in [0.15, 0.2) is 0 Å². The third-order valence-corrected chi connectivity index (χ3v) is 4.43.